The Labute approximate surface area is 156 Å². The Balaban J connectivity index is 1.33. The van der Waals surface area contributed by atoms with Crippen LogP contribution in [0, 0.1) is 23.7 Å². The van der Waals surface area contributed by atoms with E-state index in [1.807, 2.05) is 12.2 Å². The second-order valence-corrected chi connectivity index (χ2v) is 7.20. The SMILES string of the molecule is COC(=O)c1ccc(NC(=O)CCN2C(=O)C3C4C=CC(C4)C3C2=O)cc1. The monoisotopic (exact) mass is 368 g/mol. The van der Waals surface area contributed by atoms with Crippen LogP contribution >= 0.6 is 0 Å². The fraction of sp³-hybridized carbons (Fsp3) is 0.400. The number of fused-ring (bicyclic) bond motifs is 5. The Morgan fingerprint density at radius 1 is 1.07 bits per heavy atom. The van der Waals surface area contributed by atoms with Gasteiger partial charge in [0.15, 0.2) is 0 Å². The van der Waals surface area contributed by atoms with Crippen LogP contribution in [-0.4, -0.2) is 42.2 Å². The minimum atomic E-state index is -0.451. The van der Waals surface area contributed by atoms with Crippen LogP contribution in [0.15, 0.2) is 36.4 Å². The lowest BCUT2D eigenvalue weighted by Crippen LogP contribution is -2.35. The zero-order valence-electron chi connectivity index (χ0n) is 14.9. The number of nitrogens with one attached hydrogen (secondary N) is 1. The molecule has 2 bridgehead atoms. The third kappa shape index (κ3) is 2.93. The third-order valence-electron chi connectivity index (χ3n) is 5.71. The molecule has 140 valence electrons. The Bertz CT molecular complexity index is 814. The van der Waals surface area contributed by atoms with E-state index in [4.69, 9.17) is 0 Å². The summed E-state index contributed by atoms with van der Waals surface area (Å²) in [6.07, 6.45) is 5.03. The second-order valence-electron chi connectivity index (χ2n) is 7.20. The number of rotatable bonds is 5. The number of ether oxygens (including phenoxy) is 1. The predicted octanol–water partition coefficient (Wildman–Crippen LogP) is 1.61. The molecular formula is C20H20N2O5. The first kappa shape index (κ1) is 17.5. The van der Waals surface area contributed by atoms with Crippen LogP contribution in [0.5, 0.6) is 0 Å². The van der Waals surface area contributed by atoms with Gasteiger partial charge in [0.25, 0.3) is 0 Å². The smallest absolute Gasteiger partial charge is 0.337 e. The minimum absolute atomic E-state index is 0.0401. The van der Waals surface area contributed by atoms with E-state index < -0.39 is 5.97 Å². The number of allylic oxidation sites excluding steroid dienone is 2. The molecule has 27 heavy (non-hydrogen) atoms. The van der Waals surface area contributed by atoms with Crippen molar-refractivity contribution in [2.75, 3.05) is 19.0 Å². The predicted molar refractivity (Wildman–Crippen MR) is 95.5 cm³/mol. The number of carbonyl (C=O) groups excluding carboxylic acids is 4. The van der Waals surface area contributed by atoms with E-state index in [0.29, 0.717) is 11.3 Å². The molecule has 0 spiro atoms. The molecule has 0 aromatic heterocycles. The molecule has 4 unspecified atom stereocenters. The zero-order chi connectivity index (χ0) is 19.1. The van der Waals surface area contributed by atoms with Crippen molar-refractivity contribution >= 4 is 29.4 Å². The molecule has 1 N–H and O–H groups in total. The van der Waals surface area contributed by atoms with Gasteiger partial charge in [-0.15, -0.1) is 0 Å². The standard InChI is InChI=1S/C20H20N2O5/c1-27-20(26)11-4-6-14(7-5-11)21-15(23)8-9-22-18(24)16-12-2-3-13(10-12)17(16)19(22)25/h2-7,12-13,16-17H,8-10H2,1H3,(H,21,23). The van der Waals surface area contributed by atoms with E-state index in [9.17, 15) is 19.2 Å². The Kier molecular flexibility index (Phi) is 4.30. The quantitative estimate of drug-likeness (QED) is 0.484. The number of nitrogens with zero attached hydrogens (tertiary/aromatic N) is 1. The highest BCUT2D eigenvalue weighted by molar-refractivity contribution is 6.06. The van der Waals surface area contributed by atoms with Crippen molar-refractivity contribution in [3.05, 3.63) is 42.0 Å². The largest absolute Gasteiger partial charge is 0.465 e. The molecule has 2 aliphatic carbocycles. The van der Waals surface area contributed by atoms with E-state index in [1.165, 1.54) is 12.0 Å². The number of hydrogen-bond donors (Lipinski definition) is 1. The Morgan fingerprint density at radius 3 is 2.22 bits per heavy atom. The molecule has 4 atom stereocenters. The lowest BCUT2D eigenvalue weighted by atomic mass is 9.85. The lowest BCUT2D eigenvalue weighted by Gasteiger charge is -2.17. The third-order valence-corrected chi connectivity index (χ3v) is 5.71. The molecule has 2 fully saturated rings. The van der Waals surface area contributed by atoms with Crippen molar-refractivity contribution in [3.63, 3.8) is 0 Å². The second kappa shape index (κ2) is 6.64. The van der Waals surface area contributed by atoms with Gasteiger partial charge in [-0.05, 0) is 42.5 Å². The molecule has 1 saturated carbocycles. The van der Waals surface area contributed by atoms with E-state index in [0.717, 1.165) is 6.42 Å². The number of methoxy groups -OCH3 is 1. The molecule has 1 saturated heterocycles. The summed E-state index contributed by atoms with van der Waals surface area (Å²) in [5.41, 5.74) is 0.921. The summed E-state index contributed by atoms with van der Waals surface area (Å²) in [4.78, 5) is 50.0. The van der Waals surface area contributed by atoms with Crippen molar-refractivity contribution in [2.45, 2.75) is 12.8 Å². The van der Waals surface area contributed by atoms with Gasteiger partial charge in [-0.2, -0.15) is 0 Å². The summed E-state index contributed by atoms with van der Waals surface area (Å²) >= 11 is 0. The topological polar surface area (TPSA) is 92.8 Å². The van der Waals surface area contributed by atoms with Gasteiger partial charge in [0.2, 0.25) is 17.7 Å². The maximum Gasteiger partial charge on any atom is 0.337 e. The van der Waals surface area contributed by atoms with Gasteiger partial charge in [0, 0.05) is 18.7 Å². The molecule has 4 rings (SSSR count). The van der Waals surface area contributed by atoms with E-state index >= 15 is 0 Å². The number of carbonyl (C=O) groups is 4. The number of amides is 3. The zero-order valence-corrected chi connectivity index (χ0v) is 14.9. The van der Waals surface area contributed by atoms with Crippen molar-refractivity contribution in [1.82, 2.24) is 4.90 Å². The van der Waals surface area contributed by atoms with Crippen LogP contribution in [0.3, 0.4) is 0 Å². The lowest BCUT2D eigenvalue weighted by molar-refractivity contribution is -0.140. The van der Waals surface area contributed by atoms with Gasteiger partial charge >= 0.3 is 5.97 Å². The number of likely N-dealkylation sites (tertiary alicyclic amines) is 1. The molecule has 7 nitrogen and oxygen atoms in total. The van der Waals surface area contributed by atoms with E-state index in [-0.39, 0.29) is 54.4 Å². The molecule has 3 amide bonds. The summed E-state index contributed by atoms with van der Waals surface area (Å²) in [6.45, 7) is 0.0934. The first-order valence-corrected chi connectivity index (χ1v) is 9.01. The van der Waals surface area contributed by atoms with Gasteiger partial charge in [-0.3, -0.25) is 19.3 Å². The molecule has 1 aliphatic heterocycles. The maximum absolute atomic E-state index is 12.6. The van der Waals surface area contributed by atoms with E-state index in [2.05, 4.69) is 10.1 Å². The fourth-order valence-corrected chi connectivity index (χ4v) is 4.43. The minimum Gasteiger partial charge on any atom is -0.465 e. The molecule has 1 aromatic carbocycles. The van der Waals surface area contributed by atoms with Crippen molar-refractivity contribution < 1.29 is 23.9 Å². The molecule has 3 aliphatic rings. The van der Waals surface area contributed by atoms with Gasteiger partial charge in [0.05, 0.1) is 24.5 Å². The van der Waals surface area contributed by atoms with Gasteiger partial charge in [-0.25, -0.2) is 4.79 Å². The highest BCUT2D eigenvalue weighted by Crippen LogP contribution is 2.52. The maximum atomic E-state index is 12.6. The molecule has 1 aromatic rings. The Hall–Kier alpha value is -2.96. The van der Waals surface area contributed by atoms with Crippen molar-refractivity contribution in [3.8, 4) is 0 Å². The summed E-state index contributed by atoms with van der Waals surface area (Å²) in [6, 6.07) is 6.31. The highest BCUT2D eigenvalue weighted by atomic mass is 16.5. The summed E-state index contributed by atoms with van der Waals surface area (Å²) in [5.74, 6) is -1.16. The highest BCUT2D eigenvalue weighted by Gasteiger charge is 2.58. The first-order valence-electron chi connectivity index (χ1n) is 9.01. The number of anilines is 1. The number of imide groups is 1. The molecule has 7 heteroatoms. The van der Waals surface area contributed by atoms with Gasteiger partial charge in [-0.1, -0.05) is 12.2 Å². The van der Waals surface area contributed by atoms with Crippen LogP contribution < -0.4 is 5.32 Å². The average Bonchev–Trinajstić information content (AvgIpc) is 3.35. The van der Waals surface area contributed by atoms with Crippen LogP contribution in [0.4, 0.5) is 5.69 Å². The van der Waals surface area contributed by atoms with Crippen molar-refractivity contribution in [1.29, 1.82) is 0 Å². The van der Waals surface area contributed by atoms with Gasteiger partial charge in [0.1, 0.15) is 0 Å². The average molecular weight is 368 g/mol. The van der Waals surface area contributed by atoms with Crippen molar-refractivity contribution in [2.24, 2.45) is 23.7 Å². The van der Waals surface area contributed by atoms with Crippen LogP contribution in [0.25, 0.3) is 0 Å². The molecule has 0 radical (unpaired) electrons. The number of hydrogen-bond acceptors (Lipinski definition) is 5. The summed E-state index contributed by atoms with van der Waals surface area (Å²) in [5, 5.41) is 2.71. The van der Waals surface area contributed by atoms with Crippen LogP contribution in [0.1, 0.15) is 23.2 Å². The number of esters is 1. The van der Waals surface area contributed by atoms with Crippen LogP contribution in [0.2, 0.25) is 0 Å². The normalized spacial score (nSPS) is 27.8. The molecular weight excluding hydrogens is 348 g/mol. The molecule has 1 heterocycles. The van der Waals surface area contributed by atoms with Crippen LogP contribution in [-0.2, 0) is 19.1 Å². The Morgan fingerprint density at radius 2 is 1.67 bits per heavy atom. The fourth-order valence-electron chi connectivity index (χ4n) is 4.43. The van der Waals surface area contributed by atoms with Gasteiger partial charge < -0.3 is 10.1 Å². The summed E-state index contributed by atoms with van der Waals surface area (Å²) in [7, 11) is 1.30. The summed E-state index contributed by atoms with van der Waals surface area (Å²) < 4.78 is 4.62. The number of benzene rings is 1. The first-order chi connectivity index (χ1) is 13.0. The van der Waals surface area contributed by atoms with E-state index in [1.54, 1.807) is 24.3 Å².